The van der Waals surface area contributed by atoms with E-state index < -0.39 is 12.0 Å². The van der Waals surface area contributed by atoms with Gasteiger partial charge < -0.3 is 16.2 Å². The summed E-state index contributed by atoms with van der Waals surface area (Å²) in [6.45, 7) is 11.8. The van der Waals surface area contributed by atoms with Gasteiger partial charge in [0.05, 0.1) is 6.42 Å². The summed E-state index contributed by atoms with van der Waals surface area (Å²) in [6, 6.07) is -0.490. The molecule has 5 N–H and O–H groups in total. The molecule has 0 radical (unpaired) electrons. The fourth-order valence-corrected chi connectivity index (χ4v) is 2.43. The van der Waals surface area contributed by atoms with Gasteiger partial charge in [-0.25, -0.2) is 0 Å². The third-order valence-electron chi connectivity index (χ3n) is 4.94. The van der Waals surface area contributed by atoms with Crippen LogP contribution in [-0.2, 0) is 9.59 Å². The van der Waals surface area contributed by atoms with Crippen LogP contribution >= 0.6 is 0 Å². The lowest BCUT2D eigenvalue weighted by Gasteiger charge is -2.30. The Balaban J connectivity index is 4.19. The Morgan fingerprint density at radius 3 is 2.10 bits per heavy atom. The standard InChI is InChI=1S/C16H32N2O3/c1-6-10(2)12(4)13(5)11(3)9-18-16(21)14(17)7-8-15(19)20/h10-14H,6-9,17H2,1-5H3,(H,18,21)(H,19,20)/p+1/t10-,11+,12-,13-,14-/m0/s1. The van der Waals surface area contributed by atoms with Gasteiger partial charge in [0, 0.05) is 13.0 Å². The zero-order valence-electron chi connectivity index (χ0n) is 14.2. The number of amides is 1. The van der Waals surface area contributed by atoms with E-state index in [4.69, 9.17) is 5.11 Å². The van der Waals surface area contributed by atoms with Crippen molar-refractivity contribution in [2.75, 3.05) is 6.54 Å². The zero-order valence-corrected chi connectivity index (χ0v) is 14.2. The van der Waals surface area contributed by atoms with Crippen molar-refractivity contribution in [2.24, 2.45) is 23.7 Å². The van der Waals surface area contributed by atoms with Gasteiger partial charge in [-0.1, -0.05) is 41.0 Å². The van der Waals surface area contributed by atoms with Gasteiger partial charge in [0.15, 0.2) is 6.04 Å². The summed E-state index contributed by atoms with van der Waals surface area (Å²) in [4.78, 5) is 22.4. The molecule has 21 heavy (non-hydrogen) atoms. The third kappa shape index (κ3) is 7.46. The Kier molecular flexibility index (Phi) is 9.26. The van der Waals surface area contributed by atoms with Crippen LogP contribution in [0.15, 0.2) is 0 Å². The molecule has 0 aliphatic rings. The van der Waals surface area contributed by atoms with E-state index >= 15 is 0 Å². The van der Waals surface area contributed by atoms with Crippen LogP contribution in [-0.4, -0.2) is 29.6 Å². The Bertz CT molecular complexity index is 333. The topological polar surface area (TPSA) is 94.0 Å². The zero-order chi connectivity index (χ0) is 16.6. The van der Waals surface area contributed by atoms with Gasteiger partial charge in [-0.3, -0.25) is 9.59 Å². The second-order valence-electron chi connectivity index (χ2n) is 6.46. The van der Waals surface area contributed by atoms with E-state index in [1.54, 1.807) is 0 Å². The SMILES string of the molecule is CC[C@H](C)[C@H](C)[C@@H](C)[C@H](C)CNC(=O)[C@@H]([NH3+])CCC(=O)O. The highest BCUT2D eigenvalue weighted by Gasteiger charge is 2.24. The number of hydrogen-bond donors (Lipinski definition) is 3. The first kappa shape index (κ1) is 19.9. The predicted molar refractivity (Wildman–Crippen MR) is 83.5 cm³/mol. The Morgan fingerprint density at radius 2 is 1.62 bits per heavy atom. The van der Waals surface area contributed by atoms with Crippen LogP contribution in [0.5, 0.6) is 0 Å². The molecule has 0 unspecified atom stereocenters. The number of carboxylic acid groups (broad SMARTS) is 1. The third-order valence-corrected chi connectivity index (χ3v) is 4.94. The lowest BCUT2D eigenvalue weighted by Crippen LogP contribution is -2.67. The summed E-state index contributed by atoms with van der Waals surface area (Å²) in [5.74, 6) is 1.18. The highest BCUT2D eigenvalue weighted by Crippen LogP contribution is 2.28. The summed E-state index contributed by atoms with van der Waals surface area (Å²) in [5.41, 5.74) is 3.73. The van der Waals surface area contributed by atoms with Crippen molar-refractivity contribution in [3.63, 3.8) is 0 Å². The maximum Gasteiger partial charge on any atom is 0.303 e. The summed E-state index contributed by atoms with van der Waals surface area (Å²) in [6.07, 6.45) is 1.44. The van der Waals surface area contributed by atoms with Gasteiger partial charge in [0.1, 0.15) is 0 Å². The van der Waals surface area contributed by atoms with E-state index in [9.17, 15) is 9.59 Å². The lowest BCUT2D eigenvalue weighted by atomic mass is 9.77. The van der Waals surface area contributed by atoms with Crippen LogP contribution in [0.25, 0.3) is 0 Å². The van der Waals surface area contributed by atoms with Crippen molar-refractivity contribution in [3.8, 4) is 0 Å². The largest absolute Gasteiger partial charge is 0.481 e. The normalized spacial score (nSPS) is 18.4. The van der Waals surface area contributed by atoms with Crippen molar-refractivity contribution in [1.29, 1.82) is 0 Å². The maximum atomic E-state index is 11.9. The van der Waals surface area contributed by atoms with E-state index in [-0.39, 0.29) is 18.7 Å². The molecule has 0 spiro atoms. The molecule has 0 saturated carbocycles. The molecule has 5 heteroatoms. The van der Waals surface area contributed by atoms with Crippen LogP contribution in [0.2, 0.25) is 0 Å². The van der Waals surface area contributed by atoms with E-state index in [0.717, 1.165) is 0 Å². The van der Waals surface area contributed by atoms with E-state index in [0.29, 0.717) is 30.2 Å². The Hall–Kier alpha value is -1.10. The highest BCUT2D eigenvalue weighted by atomic mass is 16.4. The molecule has 5 nitrogen and oxygen atoms in total. The molecule has 0 aromatic rings. The van der Waals surface area contributed by atoms with Crippen molar-refractivity contribution < 1.29 is 20.4 Å². The number of carboxylic acids is 1. The van der Waals surface area contributed by atoms with E-state index in [1.165, 1.54) is 6.42 Å². The van der Waals surface area contributed by atoms with E-state index in [1.807, 2.05) is 0 Å². The van der Waals surface area contributed by atoms with Crippen LogP contribution in [0, 0.1) is 23.7 Å². The Labute approximate surface area is 128 Å². The van der Waals surface area contributed by atoms with Crippen LogP contribution < -0.4 is 11.1 Å². The first-order valence-electron chi connectivity index (χ1n) is 8.03. The van der Waals surface area contributed by atoms with Gasteiger partial charge in [0.25, 0.3) is 5.91 Å². The summed E-state index contributed by atoms with van der Waals surface area (Å²) in [7, 11) is 0. The minimum Gasteiger partial charge on any atom is -0.481 e. The minimum absolute atomic E-state index is 0.0153. The second kappa shape index (κ2) is 9.77. The van der Waals surface area contributed by atoms with E-state index in [2.05, 4.69) is 45.7 Å². The number of hydrogen-bond acceptors (Lipinski definition) is 2. The molecule has 0 saturated heterocycles. The quantitative estimate of drug-likeness (QED) is 0.571. The molecule has 0 aliphatic carbocycles. The molecule has 0 aliphatic heterocycles. The van der Waals surface area contributed by atoms with Crippen molar-refractivity contribution in [1.82, 2.24) is 5.32 Å². The molecule has 0 bridgehead atoms. The van der Waals surface area contributed by atoms with Gasteiger partial charge in [-0.15, -0.1) is 0 Å². The van der Waals surface area contributed by atoms with Gasteiger partial charge in [0.2, 0.25) is 0 Å². The maximum absolute atomic E-state index is 11.9. The van der Waals surface area contributed by atoms with Gasteiger partial charge in [-0.2, -0.15) is 0 Å². The number of carbonyl (C=O) groups excluding carboxylic acids is 1. The number of nitrogens with one attached hydrogen (secondary N) is 1. The molecule has 0 fully saturated rings. The van der Waals surface area contributed by atoms with Gasteiger partial charge >= 0.3 is 5.97 Å². The number of aliphatic carboxylic acids is 1. The average Bonchev–Trinajstić information content (AvgIpc) is 2.46. The summed E-state index contributed by atoms with van der Waals surface area (Å²) in [5, 5.41) is 11.5. The van der Waals surface area contributed by atoms with Crippen molar-refractivity contribution in [3.05, 3.63) is 0 Å². The number of rotatable bonds is 10. The van der Waals surface area contributed by atoms with Gasteiger partial charge in [-0.05, 0) is 23.7 Å². The minimum atomic E-state index is -0.888. The molecular weight excluding hydrogens is 268 g/mol. The second-order valence-corrected chi connectivity index (χ2v) is 6.46. The average molecular weight is 301 g/mol. The molecule has 0 heterocycles. The fourth-order valence-electron chi connectivity index (χ4n) is 2.43. The molecule has 1 amide bonds. The molecule has 124 valence electrons. The predicted octanol–water partition coefficient (Wildman–Crippen LogP) is 1.53. The Morgan fingerprint density at radius 1 is 1.10 bits per heavy atom. The van der Waals surface area contributed by atoms with Crippen LogP contribution in [0.1, 0.15) is 53.9 Å². The molecule has 0 aromatic heterocycles. The molecule has 0 aromatic carbocycles. The first-order chi connectivity index (χ1) is 9.70. The van der Waals surface area contributed by atoms with Crippen LogP contribution in [0.3, 0.4) is 0 Å². The molecule has 0 rings (SSSR count). The molecule has 5 atom stereocenters. The smallest absolute Gasteiger partial charge is 0.303 e. The van der Waals surface area contributed by atoms with Crippen molar-refractivity contribution >= 4 is 11.9 Å². The lowest BCUT2D eigenvalue weighted by molar-refractivity contribution is -0.405. The monoisotopic (exact) mass is 301 g/mol. The summed E-state index contributed by atoms with van der Waals surface area (Å²) < 4.78 is 0. The molecular formula is C16H33N2O3+. The van der Waals surface area contributed by atoms with Crippen molar-refractivity contribution in [2.45, 2.75) is 59.9 Å². The highest BCUT2D eigenvalue weighted by molar-refractivity contribution is 5.80. The summed E-state index contributed by atoms with van der Waals surface area (Å²) >= 11 is 0. The first-order valence-corrected chi connectivity index (χ1v) is 8.03. The fraction of sp³-hybridized carbons (Fsp3) is 0.875. The number of quaternary nitrogens is 1. The van der Waals surface area contributed by atoms with Crippen LogP contribution in [0.4, 0.5) is 0 Å². The number of carbonyl (C=O) groups is 2.